The third kappa shape index (κ3) is 3.58. The number of methoxy groups -OCH3 is 2. The van der Waals surface area contributed by atoms with Gasteiger partial charge < -0.3 is 14.8 Å². The van der Waals surface area contributed by atoms with E-state index in [0.29, 0.717) is 17.1 Å². The van der Waals surface area contributed by atoms with E-state index in [1.807, 2.05) is 10.7 Å². The molecule has 4 rings (SSSR count). The van der Waals surface area contributed by atoms with Crippen LogP contribution in [0.1, 0.15) is 32.7 Å². The lowest BCUT2D eigenvalue weighted by Gasteiger charge is -2.13. The van der Waals surface area contributed by atoms with Crippen LogP contribution in [0.15, 0.2) is 36.4 Å². The molecule has 0 fully saturated rings. The van der Waals surface area contributed by atoms with Crippen molar-refractivity contribution >= 4 is 23.5 Å². The van der Waals surface area contributed by atoms with Crippen LogP contribution in [0.4, 0.5) is 5.82 Å². The summed E-state index contributed by atoms with van der Waals surface area (Å²) in [5.74, 6) is 3.31. The van der Waals surface area contributed by atoms with Gasteiger partial charge in [0.05, 0.1) is 25.6 Å². The molecule has 0 saturated carbocycles. The molecule has 3 aromatic rings. The summed E-state index contributed by atoms with van der Waals surface area (Å²) in [6.07, 6.45) is 0. The number of nitrogens with one attached hydrogen (secondary N) is 1. The van der Waals surface area contributed by atoms with Gasteiger partial charge in [0.2, 0.25) is 0 Å². The number of aromatic nitrogens is 2. The van der Waals surface area contributed by atoms with Gasteiger partial charge in [0, 0.05) is 22.6 Å². The van der Waals surface area contributed by atoms with Gasteiger partial charge in [-0.05, 0) is 55.3 Å². The standard InChI is InChI=1S/C22H23N3O3S/c1-13-5-7-16(9-14(13)2)25-21(17-11-29-12-18(17)24-25)23-22(26)15-6-8-19(27-3)20(10-15)28-4/h5-10H,11-12H2,1-4H3,(H,23,26). The van der Waals surface area contributed by atoms with Crippen LogP contribution in [0.5, 0.6) is 11.5 Å². The van der Waals surface area contributed by atoms with Gasteiger partial charge in [-0.2, -0.15) is 16.9 Å². The Hall–Kier alpha value is -2.93. The monoisotopic (exact) mass is 409 g/mol. The van der Waals surface area contributed by atoms with Crippen molar-refractivity contribution in [2.45, 2.75) is 25.4 Å². The van der Waals surface area contributed by atoms with Gasteiger partial charge in [0.1, 0.15) is 5.82 Å². The van der Waals surface area contributed by atoms with E-state index < -0.39 is 0 Å². The number of carbonyl (C=O) groups excluding carboxylic acids is 1. The number of hydrogen-bond donors (Lipinski definition) is 1. The summed E-state index contributed by atoms with van der Waals surface area (Å²) in [7, 11) is 3.12. The lowest BCUT2D eigenvalue weighted by molar-refractivity contribution is 0.102. The van der Waals surface area contributed by atoms with Crippen LogP contribution in [-0.2, 0) is 11.5 Å². The van der Waals surface area contributed by atoms with E-state index in [4.69, 9.17) is 14.6 Å². The topological polar surface area (TPSA) is 65.4 Å². The molecule has 6 nitrogen and oxygen atoms in total. The van der Waals surface area contributed by atoms with Gasteiger partial charge >= 0.3 is 0 Å². The van der Waals surface area contributed by atoms with Crippen molar-refractivity contribution in [1.29, 1.82) is 0 Å². The lowest BCUT2D eigenvalue weighted by Crippen LogP contribution is -2.16. The molecule has 2 heterocycles. The van der Waals surface area contributed by atoms with E-state index >= 15 is 0 Å². The van der Waals surface area contributed by atoms with Crippen molar-refractivity contribution in [1.82, 2.24) is 9.78 Å². The highest BCUT2D eigenvalue weighted by Crippen LogP contribution is 2.37. The summed E-state index contributed by atoms with van der Waals surface area (Å²) < 4.78 is 12.4. The number of fused-ring (bicyclic) bond motifs is 1. The molecule has 0 atom stereocenters. The number of anilines is 1. The zero-order valence-corrected chi connectivity index (χ0v) is 17.7. The van der Waals surface area contributed by atoms with E-state index in [1.54, 1.807) is 44.2 Å². The van der Waals surface area contributed by atoms with Crippen LogP contribution in [0.25, 0.3) is 5.69 Å². The van der Waals surface area contributed by atoms with Crippen LogP contribution in [-0.4, -0.2) is 29.9 Å². The maximum absolute atomic E-state index is 13.0. The normalized spacial score (nSPS) is 12.6. The Labute approximate surface area is 174 Å². The smallest absolute Gasteiger partial charge is 0.256 e. The van der Waals surface area contributed by atoms with Crippen molar-refractivity contribution in [3.63, 3.8) is 0 Å². The van der Waals surface area contributed by atoms with Crippen molar-refractivity contribution in [3.8, 4) is 17.2 Å². The summed E-state index contributed by atoms with van der Waals surface area (Å²) in [5, 5.41) is 7.86. The summed E-state index contributed by atoms with van der Waals surface area (Å²) in [5.41, 5.74) is 5.95. The molecule has 7 heteroatoms. The number of ether oxygens (including phenoxy) is 2. The fraction of sp³-hybridized carbons (Fsp3) is 0.273. The number of aryl methyl sites for hydroxylation is 2. The van der Waals surface area contributed by atoms with Gasteiger partial charge in [0.25, 0.3) is 5.91 Å². The third-order valence-corrected chi connectivity index (χ3v) is 6.13. The van der Waals surface area contributed by atoms with Crippen molar-refractivity contribution in [2.75, 3.05) is 19.5 Å². The van der Waals surface area contributed by atoms with Gasteiger partial charge in [-0.1, -0.05) is 6.07 Å². The first-order valence-corrected chi connectivity index (χ1v) is 10.5. The van der Waals surface area contributed by atoms with Gasteiger partial charge in [-0.25, -0.2) is 4.68 Å². The first-order valence-electron chi connectivity index (χ1n) is 9.31. The summed E-state index contributed by atoms with van der Waals surface area (Å²) in [6.45, 7) is 4.16. The van der Waals surface area contributed by atoms with Crippen LogP contribution in [0.2, 0.25) is 0 Å². The summed E-state index contributed by atoms with van der Waals surface area (Å²) >= 11 is 1.80. The molecule has 150 valence electrons. The summed E-state index contributed by atoms with van der Waals surface area (Å²) in [6, 6.07) is 11.3. The first kappa shape index (κ1) is 19.4. The predicted molar refractivity (Wildman–Crippen MR) is 116 cm³/mol. The number of hydrogen-bond acceptors (Lipinski definition) is 5. The average Bonchev–Trinajstić information content (AvgIpc) is 3.32. The molecule has 0 unspecified atom stereocenters. The molecule has 0 aliphatic carbocycles. The number of amides is 1. The van der Waals surface area contributed by atoms with Crippen molar-refractivity contribution in [3.05, 3.63) is 64.3 Å². The van der Waals surface area contributed by atoms with E-state index in [1.165, 1.54) is 11.1 Å². The molecule has 0 spiro atoms. The molecule has 0 bridgehead atoms. The number of carbonyl (C=O) groups is 1. The Morgan fingerprint density at radius 3 is 2.55 bits per heavy atom. The highest BCUT2D eigenvalue weighted by atomic mass is 32.2. The SMILES string of the molecule is COc1ccc(C(=O)Nc2c3c(nn2-c2ccc(C)c(C)c2)CSC3)cc1OC. The van der Waals surface area contributed by atoms with Crippen LogP contribution >= 0.6 is 11.8 Å². The largest absolute Gasteiger partial charge is 0.493 e. The van der Waals surface area contributed by atoms with E-state index in [-0.39, 0.29) is 5.91 Å². The Morgan fingerprint density at radius 1 is 1.03 bits per heavy atom. The second-order valence-electron chi connectivity index (χ2n) is 6.97. The second-order valence-corrected chi connectivity index (χ2v) is 7.96. The zero-order chi connectivity index (χ0) is 20.5. The Morgan fingerprint density at radius 2 is 1.83 bits per heavy atom. The molecule has 1 aliphatic heterocycles. The fourth-order valence-electron chi connectivity index (χ4n) is 3.34. The molecule has 1 amide bonds. The lowest BCUT2D eigenvalue weighted by atomic mass is 10.1. The van der Waals surface area contributed by atoms with Gasteiger partial charge in [0.15, 0.2) is 11.5 Å². The molecule has 2 aromatic carbocycles. The quantitative estimate of drug-likeness (QED) is 0.672. The molecule has 29 heavy (non-hydrogen) atoms. The van der Waals surface area contributed by atoms with Crippen molar-refractivity contribution in [2.24, 2.45) is 0 Å². The zero-order valence-electron chi connectivity index (χ0n) is 16.9. The molecule has 1 aliphatic rings. The second kappa shape index (κ2) is 7.83. The minimum Gasteiger partial charge on any atom is -0.493 e. The number of rotatable bonds is 5. The van der Waals surface area contributed by atoms with E-state index in [9.17, 15) is 4.79 Å². The Balaban J connectivity index is 1.71. The number of nitrogens with zero attached hydrogens (tertiary/aromatic N) is 2. The maximum Gasteiger partial charge on any atom is 0.256 e. The molecule has 1 N–H and O–H groups in total. The number of thioether (sulfide) groups is 1. The molecular weight excluding hydrogens is 386 g/mol. The highest BCUT2D eigenvalue weighted by molar-refractivity contribution is 7.98. The number of benzene rings is 2. The Kier molecular flexibility index (Phi) is 5.24. The fourth-order valence-corrected chi connectivity index (χ4v) is 4.38. The van der Waals surface area contributed by atoms with Crippen LogP contribution < -0.4 is 14.8 Å². The summed E-state index contributed by atoms with van der Waals surface area (Å²) in [4.78, 5) is 13.0. The van der Waals surface area contributed by atoms with Gasteiger partial charge in [-0.3, -0.25) is 4.79 Å². The highest BCUT2D eigenvalue weighted by Gasteiger charge is 2.25. The van der Waals surface area contributed by atoms with E-state index in [0.717, 1.165) is 34.3 Å². The van der Waals surface area contributed by atoms with E-state index in [2.05, 4.69) is 31.3 Å². The first-order chi connectivity index (χ1) is 14.0. The van der Waals surface area contributed by atoms with Crippen LogP contribution in [0, 0.1) is 13.8 Å². The minimum absolute atomic E-state index is 0.212. The van der Waals surface area contributed by atoms with Crippen LogP contribution in [0.3, 0.4) is 0 Å². The third-order valence-electron chi connectivity index (χ3n) is 5.16. The molecular formula is C22H23N3O3S. The Bertz CT molecular complexity index is 1090. The predicted octanol–water partition coefficient (Wildman–Crippen LogP) is 4.51. The van der Waals surface area contributed by atoms with Gasteiger partial charge in [-0.15, -0.1) is 0 Å². The van der Waals surface area contributed by atoms with Crippen molar-refractivity contribution < 1.29 is 14.3 Å². The average molecular weight is 410 g/mol. The maximum atomic E-state index is 13.0. The molecule has 0 radical (unpaired) electrons. The molecule has 1 aromatic heterocycles. The minimum atomic E-state index is -0.212. The molecule has 0 saturated heterocycles.